The van der Waals surface area contributed by atoms with E-state index in [0.717, 1.165) is 18.2 Å². The van der Waals surface area contributed by atoms with Crippen LogP contribution in [0.15, 0.2) is 18.2 Å². The second-order valence-corrected chi connectivity index (χ2v) is 4.36. The van der Waals surface area contributed by atoms with Gasteiger partial charge in [0.1, 0.15) is 11.6 Å². The second-order valence-electron chi connectivity index (χ2n) is 4.06. The molecule has 2 unspecified atom stereocenters. The zero-order chi connectivity index (χ0) is 13.0. The Morgan fingerprint density at radius 2 is 2.18 bits per heavy atom. The standard InChI is InChI=1S/C12H15ClFNO2/c1-7(6-13)8(2)15-12(17)10-5-9(14)3-4-11(10)16/h3-5,7-8,16H,6H2,1-2H3,(H,15,17). The van der Waals surface area contributed by atoms with Crippen LogP contribution in [-0.2, 0) is 0 Å². The predicted octanol–water partition coefficient (Wildman–Crippen LogP) is 2.52. The van der Waals surface area contributed by atoms with Crippen molar-refractivity contribution in [1.82, 2.24) is 5.32 Å². The van der Waals surface area contributed by atoms with Crippen molar-refractivity contribution >= 4 is 17.5 Å². The summed E-state index contributed by atoms with van der Waals surface area (Å²) in [6.45, 7) is 3.70. The first-order valence-corrected chi connectivity index (χ1v) is 5.84. The zero-order valence-corrected chi connectivity index (χ0v) is 10.5. The first-order valence-electron chi connectivity index (χ1n) is 5.31. The number of halogens is 2. The Bertz CT molecular complexity index is 411. The van der Waals surface area contributed by atoms with Gasteiger partial charge in [0, 0.05) is 11.9 Å². The number of rotatable bonds is 4. The van der Waals surface area contributed by atoms with Gasteiger partial charge in [-0.05, 0) is 31.0 Å². The lowest BCUT2D eigenvalue weighted by Gasteiger charge is -2.19. The van der Waals surface area contributed by atoms with E-state index in [-0.39, 0.29) is 23.3 Å². The number of amides is 1. The van der Waals surface area contributed by atoms with E-state index in [1.807, 2.05) is 6.92 Å². The van der Waals surface area contributed by atoms with Gasteiger partial charge in [-0.15, -0.1) is 11.6 Å². The van der Waals surface area contributed by atoms with Gasteiger partial charge >= 0.3 is 0 Å². The number of phenolic OH excluding ortho intramolecular Hbond substituents is 1. The number of alkyl halides is 1. The van der Waals surface area contributed by atoms with Crippen molar-refractivity contribution in [3.63, 3.8) is 0 Å². The minimum Gasteiger partial charge on any atom is -0.507 e. The monoisotopic (exact) mass is 259 g/mol. The van der Waals surface area contributed by atoms with Crippen LogP contribution in [0.3, 0.4) is 0 Å². The van der Waals surface area contributed by atoms with Gasteiger partial charge in [-0.25, -0.2) is 4.39 Å². The molecule has 2 N–H and O–H groups in total. The van der Waals surface area contributed by atoms with Gasteiger partial charge in [0.2, 0.25) is 0 Å². The van der Waals surface area contributed by atoms with Crippen LogP contribution in [0.5, 0.6) is 5.75 Å². The van der Waals surface area contributed by atoms with E-state index >= 15 is 0 Å². The normalized spacial score (nSPS) is 14.1. The Morgan fingerprint density at radius 1 is 1.53 bits per heavy atom. The molecule has 0 heterocycles. The Balaban J connectivity index is 2.79. The van der Waals surface area contributed by atoms with E-state index in [4.69, 9.17) is 11.6 Å². The van der Waals surface area contributed by atoms with Gasteiger partial charge in [-0.3, -0.25) is 4.79 Å². The molecule has 5 heteroatoms. The maximum atomic E-state index is 13.0. The summed E-state index contributed by atoms with van der Waals surface area (Å²) in [6.07, 6.45) is 0. The van der Waals surface area contributed by atoms with E-state index in [0.29, 0.717) is 5.88 Å². The van der Waals surface area contributed by atoms with Crippen molar-refractivity contribution in [1.29, 1.82) is 0 Å². The van der Waals surface area contributed by atoms with Crippen LogP contribution < -0.4 is 5.32 Å². The minimum absolute atomic E-state index is 0.0707. The molecule has 1 aromatic carbocycles. The molecular weight excluding hydrogens is 245 g/mol. The number of carbonyl (C=O) groups is 1. The highest BCUT2D eigenvalue weighted by Crippen LogP contribution is 2.18. The van der Waals surface area contributed by atoms with Gasteiger partial charge < -0.3 is 10.4 Å². The molecule has 0 spiro atoms. The lowest BCUT2D eigenvalue weighted by atomic mass is 10.1. The zero-order valence-electron chi connectivity index (χ0n) is 9.71. The third kappa shape index (κ3) is 3.60. The van der Waals surface area contributed by atoms with Crippen molar-refractivity contribution in [3.8, 4) is 5.75 Å². The molecule has 0 aromatic heterocycles. The first-order chi connectivity index (χ1) is 7.95. The van der Waals surface area contributed by atoms with Gasteiger partial charge in [-0.2, -0.15) is 0 Å². The minimum atomic E-state index is -0.564. The molecule has 0 saturated carbocycles. The van der Waals surface area contributed by atoms with Gasteiger partial charge in [0.05, 0.1) is 5.56 Å². The summed E-state index contributed by atoms with van der Waals surface area (Å²) in [5.74, 6) is -0.806. The van der Waals surface area contributed by atoms with Crippen molar-refractivity contribution in [2.75, 3.05) is 5.88 Å². The van der Waals surface area contributed by atoms with E-state index in [2.05, 4.69) is 5.32 Å². The van der Waals surface area contributed by atoms with Crippen LogP contribution in [0.4, 0.5) is 4.39 Å². The summed E-state index contributed by atoms with van der Waals surface area (Å²) in [6, 6.07) is 3.10. The third-order valence-corrected chi connectivity index (χ3v) is 3.15. The molecule has 0 bridgehead atoms. The van der Waals surface area contributed by atoms with Gasteiger partial charge in [-0.1, -0.05) is 6.92 Å². The van der Waals surface area contributed by atoms with Gasteiger partial charge in [0.15, 0.2) is 0 Å². The van der Waals surface area contributed by atoms with Crippen LogP contribution in [-0.4, -0.2) is 22.9 Å². The lowest BCUT2D eigenvalue weighted by Crippen LogP contribution is -2.37. The fraction of sp³-hybridized carbons (Fsp3) is 0.417. The quantitative estimate of drug-likeness (QED) is 0.817. The highest BCUT2D eigenvalue weighted by molar-refractivity contribution is 6.18. The number of phenols is 1. The average Bonchev–Trinajstić information content (AvgIpc) is 2.30. The number of benzene rings is 1. The predicted molar refractivity (Wildman–Crippen MR) is 64.9 cm³/mol. The molecule has 0 saturated heterocycles. The van der Waals surface area contributed by atoms with Gasteiger partial charge in [0.25, 0.3) is 5.91 Å². The van der Waals surface area contributed by atoms with Crippen LogP contribution >= 0.6 is 11.6 Å². The molecule has 0 aliphatic carbocycles. The summed E-state index contributed by atoms with van der Waals surface area (Å²) >= 11 is 5.67. The van der Waals surface area contributed by atoms with E-state index < -0.39 is 11.7 Å². The molecule has 0 aliphatic heterocycles. The maximum absolute atomic E-state index is 13.0. The Morgan fingerprint density at radius 3 is 2.76 bits per heavy atom. The number of nitrogens with one attached hydrogen (secondary N) is 1. The third-order valence-electron chi connectivity index (χ3n) is 2.66. The molecule has 3 nitrogen and oxygen atoms in total. The molecule has 1 amide bonds. The smallest absolute Gasteiger partial charge is 0.255 e. The number of hydrogen-bond donors (Lipinski definition) is 2. The van der Waals surface area contributed by atoms with E-state index in [1.165, 1.54) is 0 Å². The topological polar surface area (TPSA) is 49.3 Å². The summed E-state index contributed by atoms with van der Waals surface area (Å²) in [5.41, 5.74) is -0.0707. The first kappa shape index (κ1) is 13.8. The summed E-state index contributed by atoms with van der Waals surface area (Å²) in [7, 11) is 0. The van der Waals surface area contributed by atoms with Crippen molar-refractivity contribution < 1.29 is 14.3 Å². The number of carbonyl (C=O) groups excluding carboxylic acids is 1. The Hall–Kier alpha value is -1.29. The van der Waals surface area contributed by atoms with Crippen LogP contribution in [0, 0.1) is 11.7 Å². The largest absolute Gasteiger partial charge is 0.507 e. The molecule has 17 heavy (non-hydrogen) atoms. The molecule has 2 atom stereocenters. The van der Waals surface area contributed by atoms with Crippen molar-refractivity contribution in [2.45, 2.75) is 19.9 Å². The van der Waals surface area contributed by atoms with Crippen LogP contribution in [0.25, 0.3) is 0 Å². The fourth-order valence-electron chi connectivity index (χ4n) is 1.25. The van der Waals surface area contributed by atoms with Crippen LogP contribution in [0.1, 0.15) is 24.2 Å². The number of aromatic hydroxyl groups is 1. The maximum Gasteiger partial charge on any atom is 0.255 e. The summed E-state index contributed by atoms with van der Waals surface area (Å²) in [5, 5.41) is 12.1. The van der Waals surface area contributed by atoms with Crippen LogP contribution in [0.2, 0.25) is 0 Å². The fourth-order valence-corrected chi connectivity index (χ4v) is 1.52. The molecule has 94 valence electrons. The van der Waals surface area contributed by atoms with E-state index in [1.54, 1.807) is 6.92 Å². The van der Waals surface area contributed by atoms with Crippen molar-refractivity contribution in [3.05, 3.63) is 29.6 Å². The highest BCUT2D eigenvalue weighted by Gasteiger charge is 2.17. The molecule has 0 radical (unpaired) electrons. The molecule has 1 aromatic rings. The molecule has 0 aliphatic rings. The molecule has 1 rings (SSSR count). The Labute approximate surface area is 105 Å². The second kappa shape index (κ2) is 5.87. The average molecular weight is 260 g/mol. The van der Waals surface area contributed by atoms with Crippen molar-refractivity contribution in [2.24, 2.45) is 5.92 Å². The summed E-state index contributed by atoms with van der Waals surface area (Å²) in [4.78, 5) is 11.8. The summed E-state index contributed by atoms with van der Waals surface area (Å²) < 4.78 is 13.0. The van der Waals surface area contributed by atoms with E-state index in [9.17, 15) is 14.3 Å². The molecule has 0 fully saturated rings. The number of hydrogen-bond acceptors (Lipinski definition) is 2. The Kier molecular flexibility index (Phi) is 4.75. The highest BCUT2D eigenvalue weighted by atomic mass is 35.5. The SMILES string of the molecule is CC(CCl)C(C)NC(=O)c1cc(F)ccc1O. The molecular formula is C12H15ClFNO2. The lowest BCUT2D eigenvalue weighted by molar-refractivity contribution is 0.0927.